The second kappa shape index (κ2) is 11.7. The SMILES string of the molecule is CC(C)(C)OC(=O)C(CCC(=O)O)CP(=O)(O)OC(NC(=O)c1ccccc1)OC(C)(C)C. The summed E-state index contributed by atoms with van der Waals surface area (Å²) < 4.78 is 29.0. The Labute approximate surface area is 194 Å². The van der Waals surface area contributed by atoms with Gasteiger partial charge in [0.15, 0.2) is 0 Å². The van der Waals surface area contributed by atoms with Crippen LogP contribution in [0.5, 0.6) is 0 Å². The zero-order valence-electron chi connectivity index (χ0n) is 19.9. The van der Waals surface area contributed by atoms with Gasteiger partial charge in [-0.25, -0.2) is 0 Å². The lowest BCUT2D eigenvalue weighted by Crippen LogP contribution is -2.43. The first-order valence-corrected chi connectivity index (χ1v) is 12.2. The molecular formula is C22H34NO9P. The van der Waals surface area contributed by atoms with Gasteiger partial charge in [-0.3, -0.25) is 23.5 Å². The lowest BCUT2D eigenvalue weighted by Gasteiger charge is -2.30. The Morgan fingerprint density at radius 2 is 1.61 bits per heavy atom. The highest BCUT2D eigenvalue weighted by Crippen LogP contribution is 2.46. The second-order valence-electron chi connectivity index (χ2n) is 9.49. The number of hydrogen-bond donors (Lipinski definition) is 3. The van der Waals surface area contributed by atoms with E-state index in [1.165, 1.54) is 0 Å². The molecule has 0 aliphatic heterocycles. The number of carboxylic acids is 1. The molecule has 0 saturated heterocycles. The van der Waals surface area contributed by atoms with Crippen LogP contribution in [0.4, 0.5) is 0 Å². The Hall–Kier alpha value is -2.26. The zero-order valence-corrected chi connectivity index (χ0v) is 20.8. The number of benzene rings is 1. The van der Waals surface area contributed by atoms with E-state index in [4.69, 9.17) is 19.1 Å². The average Bonchev–Trinajstić information content (AvgIpc) is 2.62. The van der Waals surface area contributed by atoms with E-state index in [0.29, 0.717) is 0 Å². The van der Waals surface area contributed by atoms with Crippen LogP contribution in [0.25, 0.3) is 0 Å². The van der Waals surface area contributed by atoms with Crippen LogP contribution < -0.4 is 5.32 Å². The van der Waals surface area contributed by atoms with E-state index in [-0.39, 0.29) is 12.0 Å². The molecule has 0 aliphatic rings. The first kappa shape index (κ1) is 28.8. The van der Waals surface area contributed by atoms with Crippen molar-refractivity contribution in [2.75, 3.05) is 6.16 Å². The number of aliphatic carboxylic acids is 1. The normalized spacial score (nSPS) is 15.7. The third kappa shape index (κ3) is 12.5. The van der Waals surface area contributed by atoms with Crippen molar-refractivity contribution in [3.63, 3.8) is 0 Å². The van der Waals surface area contributed by atoms with Crippen molar-refractivity contribution in [3.05, 3.63) is 35.9 Å². The summed E-state index contributed by atoms with van der Waals surface area (Å²) in [6.07, 6.45) is -2.94. The quantitative estimate of drug-likeness (QED) is 0.242. The molecule has 0 aromatic heterocycles. The highest BCUT2D eigenvalue weighted by atomic mass is 31.2. The highest BCUT2D eigenvalue weighted by Gasteiger charge is 2.37. The van der Waals surface area contributed by atoms with Gasteiger partial charge in [0, 0.05) is 12.0 Å². The zero-order chi connectivity index (χ0) is 25.4. The fraction of sp³-hybridized carbons (Fsp3) is 0.591. The second-order valence-corrected chi connectivity index (χ2v) is 11.3. The van der Waals surface area contributed by atoms with Gasteiger partial charge in [0.25, 0.3) is 5.91 Å². The number of rotatable bonds is 11. The van der Waals surface area contributed by atoms with Crippen LogP contribution in [0.15, 0.2) is 30.3 Å². The van der Waals surface area contributed by atoms with Crippen LogP contribution in [0, 0.1) is 5.92 Å². The molecule has 33 heavy (non-hydrogen) atoms. The van der Waals surface area contributed by atoms with Gasteiger partial charge in [-0.05, 0) is 60.1 Å². The molecule has 3 atom stereocenters. The van der Waals surface area contributed by atoms with E-state index in [0.717, 1.165) is 0 Å². The van der Waals surface area contributed by atoms with Gasteiger partial charge in [0.2, 0.25) is 6.41 Å². The minimum Gasteiger partial charge on any atom is -0.481 e. The number of carboxylic acid groups (broad SMARTS) is 1. The molecule has 0 spiro atoms. The molecule has 1 aromatic rings. The van der Waals surface area contributed by atoms with E-state index >= 15 is 0 Å². The third-order valence-electron chi connectivity index (χ3n) is 3.90. The van der Waals surface area contributed by atoms with Crippen LogP contribution in [0.1, 0.15) is 64.7 Å². The van der Waals surface area contributed by atoms with Gasteiger partial charge in [0.1, 0.15) is 5.60 Å². The number of carbonyl (C=O) groups excluding carboxylic acids is 2. The Morgan fingerprint density at radius 3 is 2.09 bits per heavy atom. The van der Waals surface area contributed by atoms with Crippen molar-refractivity contribution in [2.45, 2.75) is 72.0 Å². The largest absolute Gasteiger partial charge is 0.481 e. The first-order valence-electron chi connectivity index (χ1n) is 10.5. The number of amides is 1. The summed E-state index contributed by atoms with van der Waals surface area (Å²) in [5.74, 6) is -3.79. The van der Waals surface area contributed by atoms with Gasteiger partial charge in [-0.1, -0.05) is 18.2 Å². The number of ether oxygens (including phenoxy) is 2. The van der Waals surface area contributed by atoms with Crippen molar-refractivity contribution in [3.8, 4) is 0 Å². The van der Waals surface area contributed by atoms with Crippen LogP contribution in [-0.2, 0) is 28.2 Å². The lowest BCUT2D eigenvalue weighted by molar-refractivity contribution is -0.166. The minimum absolute atomic E-state index is 0.223. The van der Waals surface area contributed by atoms with Crippen molar-refractivity contribution in [2.24, 2.45) is 5.92 Å². The molecule has 0 bridgehead atoms. The maximum absolute atomic E-state index is 12.9. The van der Waals surface area contributed by atoms with Gasteiger partial charge in [-0.2, -0.15) is 0 Å². The van der Waals surface area contributed by atoms with E-state index in [1.807, 2.05) is 0 Å². The summed E-state index contributed by atoms with van der Waals surface area (Å²) in [4.78, 5) is 46.5. The third-order valence-corrected chi connectivity index (χ3v) is 5.33. The summed E-state index contributed by atoms with van der Waals surface area (Å²) in [6, 6.07) is 8.13. The van der Waals surface area contributed by atoms with Crippen LogP contribution in [-0.4, -0.2) is 51.6 Å². The molecule has 1 amide bonds. The molecule has 0 aliphatic carbocycles. The fourth-order valence-electron chi connectivity index (χ4n) is 2.62. The smallest absolute Gasteiger partial charge is 0.332 e. The van der Waals surface area contributed by atoms with Crippen molar-refractivity contribution >= 4 is 25.4 Å². The Bertz CT molecular complexity index is 859. The first-order chi connectivity index (χ1) is 15.0. The van der Waals surface area contributed by atoms with Crippen LogP contribution in [0.2, 0.25) is 0 Å². The molecule has 0 saturated carbocycles. The molecule has 0 heterocycles. The monoisotopic (exact) mass is 487 g/mol. The highest BCUT2D eigenvalue weighted by molar-refractivity contribution is 7.52. The molecule has 0 fully saturated rings. The molecule has 1 rings (SSSR count). The minimum atomic E-state index is -4.55. The van der Waals surface area contributed by atoms with Gasteiger partial charge >= 0.3 is 19.5 Å². The molecule has 11 heteroatoms. The molecule has 10 nitrogen and oxygen atoms in total. The lowest BCUT2D eigenvalue weighted by atomic mass is 10.1. The van der Waals surface area contributed by atoms with Gasteiger partial charge in [0.05, 0.1) is 17.7 Å². The van der Waals surface area contributed by atoms with Crippen LogP contribution in [0.3, 0.4) is 0 Å². The van der Waals surface area contributed by atoms with Crippen molar-refractivity contribution in [1.82, 2.24) is 5.32 Å². The van der Waals surface area contributed by atoms with E-state index < -0.39 is 61.6 Å². The molecular weight excluding hydrogens is 453 g/mol. The molecule has 0 radical (unpaired) electrons. The Kier molecular flexibility index (Phi) is 10.2. The number of hydrogen-bond acceptors (Lipinski definition) is 7. The number of carbonyl (C=O) groups is 3. The summed E-state index contributed by atoms with van der Waals surface area (Å²) in [5, 5.41) is 11.4. The molecule has 3 unspecified atom stereocenters. The standard InChI is InChI=1S/C22H34NO9P/c1-21(2,3)30-19(27)16(12-13-17(24)25)14-33(28,29)32-20(31-22(4,5)6)23-18(26)15-10-8-7-9-11-15/h7-11,16,20H,12-14H2,1-6H3,(H,23,26)(H,24,25)(H,28,29). The maximum Gasteiger partial charge on any atom is 0.332 e. The molecule has 186 valence electrons. The van der Waals surface area contributed by atoms with Gasteiger partial charge in [-0.15, -0.1) is 0 Å². The van der Waals surface area contributed by atoms with Crippen LogP contribution >= 0.6 is 7.60 Å². The fourth-order valence-corrected chi connectivity index (χ4v) is 3.99. The number of nitrogens with one attached hydrogen (secondary N) is 1. The summed E-state index contributed by atoms with van der Waals surface area (Å²) in [7, 11) is -4.55. The maximum atomic E-state index is 12.9. The summed E-state index contributed by atoms with van der Waals surface area (Å²) in [5.41, 5.74) is -1.45. The summed E-state index contributed by atoms with van der Waals surface area (Å²) in [6.45, 7) is 9.87. The Morgan fingerprint density at radius 1 is 1.03 bits per heavy atom. The average molecular weight is 487 g/mol. The van der Waals surface area contributed by atoms with E-state index in [9.17, 15) is 23.8 Å². The van der Waals surface area contributed by atoms with E-state index in [1.54, 1.807) is 71.9 Å². The number of esters is 1. The molecule has 1 aromatic carbocycles. The Balaban J connectivity index is 3.03. The van der Waals surface area contributed by atoms with E-state index in [2.05, 4.69) is 5.32 Å². The predicted molar refractivity (Wildman–Crippen MR) is 121 cm³/mol. The topological polar surface area (TPSA) is 148 Å². The van der Waals surface area contributed by atoms with Crippen molar-refractivity contribution in [1.29, 1.82) is 0 Å². The van der Waals surface area contributed by atoms with Crippen molar-refractivity contribution < 1.29 is 42.9 Å². The van der Waals surface area contributed by atoms with Gasteiger partial charge < -0.3 is 24.8 Å². The summed E-state index contributed by atoms with van der Waals surface area (Å²) >= 11 is 0. The molecule has 3 N–H and O–H groups in total. The predicted octanol–water partition coefficient (Wildman–Crippen LogP) is 3.54.